The van der Waals surface area contributed by atoms with Gasteiger partial charge in [-0.25, -0.2) is 9.59 Å². The van der Waals surface area contributed by atoms with Gasteiger partial charge in [0.05, 0.1) is 0 Å². The molecule has 1 atom stereocenters. The molecular weight excluding hydrogens is 380 g/mol. The van der Waals surface area contributed by atoms with Crippen LogP contribution in [0.4, 0.5) is 0 Å². The highest BCUT2D eigenvalue weighted by molar-refractivity contribution is 7.10. The lowest BCUT2D eigenvalue weighted by Crippen LogP contribution is -2.45. The molecule has 2 aliphatic rings. The Kier molecular flexibility index (Phi) is 8.44. The minimum Gasteiger partial charge on any atom is -0.473 e. The Bertz CT molecular complexity index is 670. The monoisotopic (exact) mass is 410 g/mol. The molecule has 28 heavy (non-hydrogen) atoms. The summed E-state index contributed by atoms with van der Waals surface area (Å²) in [6, 6.07) is 2.20. The smallest absolute Gasteiger partial charge is 0.414 e. The summed E-state index contributed by atoms with van der Waals surface area (Å²) in [5.74, 6) is -2.27. The van der Waals surface area contributed by atoms with Crippen LogP contribution in [0.5, 0.6) is 0 Å². The molecule has 0 aromatic carbocycles. The number of carboxylic acids is 2. The summed E-state index contributed by atoms with van der Waals surface area (Å²) in [5, 5.41) is 17.0. The van der Waals surface area contributed by atoms with Crippen molar-refractivity contribution >= 4 is 29.2 Å². The lowest BCUT2D eigenvalue weighted by Gasteiger charge is -2.37. The summed E-state index contributed by atoms with van der Waals surface area (Å²) in [5.41, 5.74) is 1.41. The Morgan fingerprint density at radius 2 is 1.75 bits per heavy atom. The number of nitrogens with zero attached hydrogens (tertiary/aromatic N) is 2. The molecule has 156 valence electrons. The second-order valence-corrected chi connectivity index (χ2v) is 8.72. The molecule has 2 aliphatic heterocycles. The molecule has 2 fully saturated rings. The Morgan fingerprint density at radius 1 is 1.11 bits per heavy atom. The molecule has 1 amide bonds. The van der Waals surface area contributed by atoms with Gasteiger partial charge >= 0.3 is 11.9 Å². The highest BCUT2D eigenvalue weighted by Crippen LogP contribution is 2.26. The summed E-state index contributed by atoms with van der Waals surface area (Å²) in [4.78, 5) is 37.0. The number of thiophene rings is 1. The van der Waals surface area contributed by atoms with Crippen LogP contribution in [0.2, 0.25) is 0 Å². The number of likely N-dealkylation sites (tertiary alicyclic amines) is 2. The Labute approximate surface area is 169 Å². The molecule has 1 aromatic heterocycles. The third kappa shape index (κ3) is 6.60. The molecule has 0 aliphatic carbocycles. The summed E-state index contributed by atoms with van der Waals surface area (Å²) >= 11 is 1.86. The van der Waals surface area contributed by atoms with Crippen LogP contribution in [0, 0.1) is 18.8 Å². The average Bonchev–Trinajstić information content (AvgIpc) is 3.07. The van der Waals surface area contributed by atoms with E-state index in [9.17, 15) is 4.79 Å². The topological polar surface area (TPSA) is 98.2 Å². The number of aliphatic carboxylic acids is 2. The first kappa shape index (κ1) is 22.4. The summed E-state index contributed by atoms with van der Waals surface area (Å²) in [6.45, 7) is 9.62. The minimum atomic E-state index is -1.82. The standard InChI is InChI=1S/C18H28N2OS.C2H2O4/c1-14-4-3-8-20(12-14)18(21)16-5-9-19(10-6-16)13-17-15(2)7-11-22-17;3-1(4)2(5)6/h7,11,14,16H,3-6,8-10,12-13H2,1-2H3;(H,3,4)(H,5,6). The van der Waals surface area contributed by atoms with E-state index >= 15 is 0 Å². The first-order valence-electron chi connectivity index (χ1n) is 9.78. The number of aryl methyl sites for hydroxylation is 1. The third-order valence-electron chi connectivity index (χ3n) is 5.42. The zero-order valence-electron chi connectivity index (χ0n) is 16.6. The van der Waals surface area contributed by atoms with Crippen LogP contribution >= 0.6 is 11.3 Å². The predicted molar refractivity (Wildman–Crippen MR) is 107 cm³/mol. The maximum atomic E-state index is 12.7. The van der Waals surface area contributed by atoms with Crippen molar-refractivity contribution in [2.24, 2.45) is 11.8 Å². The van der Waals surface area contributed by atoms with E-state index in [1.165, 1.54) is 23.3 Å². The number of carboxylic acid groups (broad SMARTS) is 2. The van der Waals surface area contributed by atoms with Gasteiger partial charge in [-0.15, -0.1) is 11.3 Å². The maximum absolute atomic E-state index is 12.7. The van der Waals surface area contributed by atoms with E-state index in [-0.39, 0.29) is 5.92 Å². The van der Waals surface area contributed by atoms with E-state index in [0.717, 1.165) is 45.6 Å². The fourth-order valence-corrected chi connectivity index (χ4v) is 4.70. The fourth-order valence-electron chi connectivity index (χ4n) is 3.75. The van der Waals surface area contributed by atoms with Gasteiger partial charge in [-0.1, -0.05) is 6.92 Å². The highest BCUT2D eigenvalue weighted by Gasteiger charge is 2.30. The highest BCUT2D eigenvalue weighted by atomic mass is 32.1. The number of hydrogen-bond donors (Lipinski definition) is 2. The van der Waals surface area contributed by atoms with Gasteiger partial charge < -0.3 is 15.1 Å². The summed E-state index contributed by atoms with van der Waals surface area (Å²) < 4.78 is 0. The van der Waals surface area contributed by atoms with Crippen molar-refractivity contribution in [2.75, 3.05) is 26.2 Å². The SMILES string of the molecule is Cc1ccsc1CN1CCC(C(=O)N2CCCC(C)C2)CC1.O=C(O)C(=O)O. The Balaban J connectivity index is 0.000000409. The number of rotatable bonds is 3. The van der Waals surface area contributed by atoms with E-state index < -0.39 is 11.9 Å². The normalized spacial score (nSPS) is 20.9. The molecule has 3 rings (SSSR count). The largest absolute Gasteiger partial charge is 0.473 e. The van der Waals surface area contributed by atoms with Gasteiger partial charge in [0.2, 0.25) is 5.91 Å². The number of carbonyl (C=O) groups excluding carboxylic acids is 1. The molecule has 0 radical (unpaired) electrons. The summed E-state index contributed by atoms with van der Waals surface area (Å²) in [7, 11) is 0. The van der Waals surface area contributed by atoms with Crippen molar-refractivity contribution in [1.82, 2.24) is 9.80 Å². The molecule has 7 nitrogen and oxygen atoms in total. The number of piperidine rings is 2. The van der Waals surface area contributed by atoms with Gasteiger partial charge in [0.15, 0.2) is 0 Å². The lowest BCUT2D eigenvalue weighted by molar-refractivity contribution is -0.159. The van der Waals surface area contributed by atoms with E-state index in [2.05, 4.69) is 35.1 Å². The first-order valence-corrected chi connectivity index (χ1v) is 10.7. The van der Waals surface area contributed by atoms with Crippen LogP contribution in [0.1, 0.15) is 43.0 Å². The molecule has 1 aromatic rings. The van der Waals surface area contributed by atoms with Crippen LogP contribution < -0.4 is 0 Å². The zero-order chi connectivity index (χ0) is 20.7. The van der Waals surface area contributed by atoms with Crippen LogP contribution in [-0.4, -0.2) is 64.0 Å². The van der Waals surface area contributed by atoms with Crippen molar-refractivity contribution < 1.29 is 24.6 Å². The third-order valence-corrected chi connectivity index (χ3v) is 6.43. The lowest BCUT2D eigenvalue weighted by atomic mass is 9.92. The van der Waals surface area contributed by atoms with Crippen molar-refractivity contribution in [3.05, 3.63) is 21.9 Å². The van der Waals surface area contributed by atoms with Crippen LogP contribution in [0.3, 0.4) is 0 Å². The molecule has 0 saturated carbocycles. The molecule has 2 N–H and O–H groups in total. The zero-order valence-corrected chi connectivity index (χ0v) is 17.4. The predicted octanol–water partition coefficient (Wildman–Crippen LogP) is 2.68. The van der Waals surface area contributed by atoms with Crippen LogP contribution in [0.15, 0.2) is 11.4 Å². The Hall–Kier alpha value is -1.93. The molecule has 1 unspecified atom stereocenters. The Morgan fingerprint density at radius 3 is 2.25 bits per heavy atom. The second kappa shape index (κ2) is 10.6. The molecule has 8 heteroatoms. The molecule has 0 bridgehead atoms. The summed E-state index contributed by atoms with van der Waals surface area (Å²) in [6.07, 6.45) is 4.54. The van der Waals surface area contributed by atoms with Gasteiger partial charge in [-0.05, 0) is 68.6 Å². The van der Waals surface area contributed by atoms with E-state index in [4.69, 9.17) is 19.8 Å². The minimum absolute atomic E-state index is 0.269. The van der Waals surface area contributed by atoms with Crippen molar-refractivity contribution in [3.63, 3.8) is 0 Å². The first-order chi connectivity index (χ1) is 13.3. The van der Waals surface area contributed by atoms with E-state index in [1.807, 2.05) is 11.3 Å². The number of hydrogen-bond acceptors (Lipinski definition) is 5. The quantitative estimate of drug-likeness (QED) is 0.744. The molecule has 2 saturated heterocycles. The van der Waals surface area contributed by atoms with Crippen molar-refractivity contribution in [1.29, 1.82) is 0 Å². The second-order valence-electron chi connectivity index (χ2n) is 7.72. The van der Waals surface area contributed by atoms with Gasteiger partial charge in [0.1, 0.15) is 0 Å². The average molecular weight is 411 g/mol. The van der Waals surface area contributed by atoms with Crippen LogP contribution in [0.25, 0.3) is 0 Å². The molecule has 0 spiro atoms. The maximum Gasteiger partial charge on any atom is 0.414 e. The van der Waals surface area contributed by atoms with Crippen molar-refractivity contribution in [2.45, 2.75) is 46.1 Å². The van der Waals surface area contributed by atoms with Gasteiger partial charge in [-0.2, -0.15) is 0 Å². The van der Waals surface area contributed by atoms with Crippen LogP contribution in [-0.2, 0) is 20.9 Å². The van der Waals surface area contributed by atoms with Crippen molar-refractivity contribution in [3.8, 4) is 0 Å². The van der Waals surface area contributed by atoms with E-state index in [0.29, 0.717) is 11.8 Å². The van der Waals surface area contributed by atoms with Gasteiger partial charge in [0.25, 0.3) is 0 Å². The van der Waals surface area contributed by atoms with Gasteiger partial charge in [-0.3, -0.25) is 9.69 Å². The molecule has 3 heterocycles. The fraction of sp³-hybridized carbons (Fsp3) is 0.650. The number of amides is 1. The molecular formula is C20H30N2O5S. The van der Waals surface area contributed by atoms with Gasteiger partial charge in [0, 0.05) is 30.4 Å². The van der Waals surface area contributed by atoms with E-state index in [1.54, 1.807) is 0 Å². The number of carbonyl (C=O) groups is 3.